The van der Waals surface area contributed by atoms with Gasteiger partial charge in [0.05, 0.1) is 22.5 Å². The van der Waals surface area contributed by atoms with E-state index in [1.807, 2.05) is 19.2 Å². The average Bonchev–Trinajstić information content (AvgIpc) is 2.59. The summed E-state index contributed by atoms with van der Waals surface area (Å²) in [5, 5.41) is 10.0. The number of aromatic nitrogens is 2. The second kappa shape index (κ2) is 6.80. The highest BCUT2D eigenvalue weighted by Gasteiger charge is 2.16. The topological polar surface area (TPSA) is 66.3 Å². The van der Waals surface area contributed by atoms with Crippen LogP contribution in [0.2, 0.25) is 0 Å². The molecule has 0 aliphatic carbocycles. The Hall–Kier alpha value is -2.47. The van der Waals surface area contributed by atoms with Gasteiger partial charge in [-0.15, -0.1) is 0 Å². The van der Waals surface area contributed by atoms with Crippen LogP contribution in [0.4, 0.5) is 5.69 Å². The first-order chi connectivity index (χ1) is 11.9. The van der Waals surface area contributed by atoms with Gasteiger partial charge in [-0.1, -0.05) is 0 Å². The minimum absolute atomic E-state index is 0.254. The third-order valence-electron chi connectivity index (χ3n) is 4.17. The Morgan fingerprint density at radius 2 is 1.96 bits per heavy atom. The predicted octanol–water partition coefficient (Wildman–Crippen LogP) is 4.60. The van der Waals surface area contributed by atoms with Crippen molar-refractivity contribution in [2.24, 2.45) is 0 Å². The number of nitrogens with zero attached hydrogens (tertiary/aromatic N) is 3. The average molecular weight is 400 g/mol. The number of benzene rings is 1. The number of carbonyl (C=O) groups is 1. The first-order valence-corrected chi connectivity index (χ1v) is 8.68. The van der Waals surface area contributed by atoms with Gasteiger partial charge in [0.2, 0.25) is 0 Å². The fourth-order valence-corrected chi connectivity index (χ4v) is 2.96. The third-order valence-corrected chi connectivity index (χ3v) is 4.61. The summed E-state index contributed by atoms with van der Waals surface area (Å²) in [6.45, 7) is 4.20. The predicted molar refractivity (Wildman–Crippen MR) is 103 cm³/mol. The van der Waals surface area contributed by atoms with Crippen LogP contribution in [0.15, 0.2) is 47.2 Å². The van der Waals surface area contributed by atoms with Gasteiger partial charge >= 0.3 is 5.97 Å². The zero-order chi connectivity index (χ0) is 18.1. The standard InChI is InChI=1S/C19H18BrN3O2/c1-11(2)23(3)17-8-13-6-12(19(24)25)4-5-16(13)22-18(17)14-7-15(20)10-21-9-14/h4-11H,1-3H3,(H,24,25). The minimum atomic E-state index is -0.944. The molecule has 0 aliphatic heterocycles. The van der Waals surface area contributed by atoms with E-state index in [0.717, 1.165) is 32.3 Å². The lowest BCUT2D eigenvalue weighted by atomic mass is 10.1. The lowest BCUT2D eigenvalue weighted by Crippen LogP contribution is -2.26. The molecule has 1 N–H and O–H groups in total. The number of rotatable bonds is 4. The van der Waals surface area contributed by atoms with E-state index < -0.39 is 5.97 Å². The molecule has 25 heavy (non-hydrogen) atoms. The van der Waals surface area contributed by atoms with Crippen molar-refractivity contribution in [2.75, 3.05) is 11.9 Å². The van der Waals surface area contributed by atoms with Crippen molar-refractivity contribution >= 4 is 38.5 Å². The number of anilines is 1. The van der Waals surface area contributed by atoms with Crippen LogP contribution in [0.5, 0.6) is 0 Å². The molecular weight excluding hydrogens is 382 g/mol. The second-order valence-electron chi connectivity index (χ2n) is 6.17. The first kappa shape index (κ1) is 17.4. The van der Waals surface area contributed by atoms with Crippen molar-refractivity contribution in [1.29, 1.82) is 0 Å². The van der Waals surface area contributed by atoms with Crippen LogP contribution in [0.25, 0.3) is 22.2 Å². The maximum Gasteiger partial charge on any atom is 0.335 e. The second-order valence-corrected chi connectivity index (χ2v) is 7.08. The summed E-state index contributed by atoms with van der Waals surface area (Å²) in [5.41, 5.74) is 3.66. The van der Waals surface area contributed by atoms with Crippen molar-refractivity contribution in [1.82, 2.24) is 9.97 Å². The van der Waals surface area contributed by atoms with Gasteiger partial charge in [-0.25, -0.2) is 9.78 Å². The van der Waals surface area contributed by atoms with Crippen LogP contribution in [-0.2, 0) is 0 Å². The number of halogens is 1. The molecule has 2 heterocycles. The van der Waals surface area contributed by atoms with E-state index >= 15 is 0 Å². The smallest absolute Gasteiger partial charge is 0.335 e. The molecule has 3 rings (SSSR count). The summed E-state index contributed by atoms with van der Waals surface area (Å²) in [6, 6.07) is 9.21. The zero-order valence-corrected chi connectivity index (χ0v) is 15.8. The number of carboxylic acid groups (broad SMARTS) is 1. The lowest BCUT2D eigenvalue weighted by molar-refractivity contribution is 0.0697. The molecule has 3 aromatic rings. The molecule has 6 heteroatoms. The van der Waals surface area contributed by atoms with E-state index in [4.69, 9.17) is 4.98 Å². The molecule has 0 amide bonds. The fourth-order valence-electron chi connectivity index (χ4n) is 2.60. The highest BCUT2D eigenvalue weighted by Crippen LogP contribution is 2.33. The van der Waals surface area contributed by atoms with E-state index in [-0.39, 0.29) is 11.6 Å². The van der Waals surface area contributed by atoms with Crippen LogP contribution >= 0.6 is 15.9 Å². The summed E-state index contributed by atoms with van der Waals surface area (Å²) in [7, 11) is 2.00. The van der Waals surface area contributed by atoms with Gasteiger partial charge in [-0.3, -0.25) is 4.98 Å². The maximum absolute atomic E-state index is 11.3. The van der Waals surface area contributed by atoms with Crippen LogP contribution in [-0.4, -0.2) is 34.1 Å². The van der Waals surface area contributed by atoms with E-state index in [9.17, 15) is 9.90 Å². The van der Waals surface area contributed by atoms with Gasteiger partial charge in [0, 0.05) is 40.9 Å². The monoisotopic (exact) mass is 399 g/mol. The van der Waals surface area contributed by atoms with Crippen molar-refractivity contribution < 1.29 is 9.90 Å². The summed E-state index contributed by atoms with van der Waals surface area (Å²) in [5.74, 6) is -0.944. The van der Waals surface area contributed by atoms with E-state index in [1.54, 1.807) is 30.6 Å². The first-order valence-electron chi connectivity index (χ1n) is 7.88. The summed E-state index contributed by atoms with van der Waals surface area (Å²) >= 11 is 3.46. The molecule has 0 unspecified atom stereocenters. The Bertz CT molecular complexity index is 957. The number of hydrogen-bond acceptors (Lipinski definition) is 4. The molecule has 2 aromatic heterocycles. The molecule has 5 nitrogen and oxygen atoms in total. The van der Waals surface area contributed by atoms with Gasteiger partial charge in [-0.2, -0.15) is 0 Å². The van der Waals surface area contributed by atoms with Gasteiger partial charge in [0.15, 0.2) is 0 Å². The normalized spacial score (nSPS) is 11.1. The van der Waals surface area contributed by atoms with E-state index in [0.29, 0.717) is 0 Å². The highest BCUT2D eigenvalue weighted by atomic mass is 79.9. The number of hydrogen-bond donors (Lipinski definition) is 1. The third kappa shape index (κ3) is 3.49. The molecule has 0 atom stereocenters. The van der Waals surface area contributed by atoms with Crippen LogP contribution in [0, 0.1) is 0 Å². The van der Waals surface area contributed by atoms with E-state index in [1.165, 1.54) is 0 Å². The maximum atomic E-state index is 11.3. The van der Waals surface area contributed by atoms with Crippen molar-refractivity contribution in [3.05, 3.63) is 52.8 Å². The van der Waals surface area contributed by atoms with E-state index in [2.05, 4.69) is 39.7 Å². The molecule has 0 aliphatic rings. The molecule has 1 aromatic carbocycles. The number of aromatic carboxylic acids is 1. The summed E-state index contributed by atoms with van der Waals surface area (Å²) < 4.78 is 0.881. The van der Waals surface area contributed by atoms with Crippen LogP contribution in [0.3, 0.4) is 0 Å². The summed E-state index contributed by atoms with van der Waals surface area (Å²) in [4.78, 5) is 22.4. The lowest BCUT2D eigenvalue weighted by Gasteiger charge is -2.26. The van der Waals surface area contributed by atoms with Crippen LogP contribution in [0.1, 0.15) is 24.2 Å². The largest absolute Gasteiger partial charge is 0.478 e. The van der Waals surface area contributed by atoms with Gasteiger partial charge in [0.25, 0.3) is 0 Å². The fraction of sp³-hybridized carbons (Fsp3) is 0.211. The molecule has 0 bridgehead atoms. The van der Waals surface area contributed by atoms with Crippen LogP contribution < -0.4 is 4.90 Å². The van der Waals surface area contributed by atoms with Gasteiger partial charge < -0.3 is 10.0 Å². The van der Waals surface area contributed by atoms with Gasteiger partial charge in [0.1, 0.15) is 0 Å². The molecule has 0 saturated heterocycles. The quantitative estimate of drug-likeness (QED) is 0.693. The molecular formula is C19H18BrN3O2. The molecule has 0 spiro atoms. The zero-order valence-electron chi connectivity index (χ0n) is 14.2. The highest BCUT2D eigenvalue weighted by molar-refractivity contribution is 9.10. The Morgan fingerprint density at radius 1 is 1.20 bits per heavy atom. The Labute approximate surface area is 154 Å². The Balaban J connectivity index is 2.28. The SMILES string of the molecule is CC(C)N(C)c1cc2cc(C(=O)O)ccc2nc1-c1cncc(Br)c1. The molecule has 0 radical (unpaired) electrons. The molecule has 0 fully saturated rings. The number of fused-ring (bicyclic) bond motifs is 1. The molecule has 0 saturated carbocycles. The van der Waals surface area contributed by atoms with Crippen molar-refractivity contribution in [3.63, 3.8) is 0 Å². The summed E-state index contributed by atoms with van der Waals surface area (Å²) in [6.07, 6.45) is 3.51. The Morgan fingerprint density at radius 3 is 2.60 bits per heavy atom. The number of carboxylic acids is 1. The Kier molecular flexibility index (Phi) is 4.72. The molecule has 128 valence electrons. The van der Waals surface area contributed by atoms with Crippen molar-refractivity contribution in [3.8, 4) is 11.3 Å². The van der Waals surface area contributed by atoms with Crippen molar-refractivity contribution in [2.45, 2.75) is 19.9 Å². The van der Waals surface area contributed by atoms with Gasteiger partial charge in [-0.05, 0) is 60.1 Å². The number of pyridine rings is 2. The minimum Gasteiger partial charge on any atom is -0.478 e.